The molecule has 27 heavy (non-hydrogen) atoms. The van der Waals surface area contributed by atoms with Crippen LogP contribution < -0.4 is 0 Å². The Labute approximate surface area is 156 Å². The van der Waals surface area contributed by atoms with Gasteiger partial charge in [0.15, 0.2) is 0 Å². The van der Waals surface area contributed by atoms with Gasteiger partial charge in [0.2, 0.25) is 0 Å². The molecule has 5 nitrogen and oxygen atoms in total. The van der Waals surface area contributed by atoms with E-state index in [2.05, 4.69) is 9.97 Å². The maximum atomic E-state index is 11.8. The van der Waals surface area contributed by atoms with E-state index in [9.17, 15) is 9.90 Å². The largest absolute Gasteiger partial charge is 0.508 e. The lowest BCUT2D eigenvalue weighted by molar-refractivity contribution is 0.0593. The Hall–Kier alpha value is -3.60. The second-order valence-corrected chi connectivity index (χ2v) is 6.26. The summed E-state index contributed by atoms with van der Waals surface area (Å²) in [5.74, 6) is -0.246. The average Bonchev–Trinajstić information content (AvgIpc) is 3.05. The minimum Gasteiger partial charge on any atom is -0.508 e. The number of fused-ring (bicyclic) bond motifs is 1. The molecule has 0 radical (unpaired) electrons. The molecule has 0 amide bonds. The Balaban J connectivity index is 1.84. The fourth-order valence-electron chi connectivity index (χ4n) is 3.26. The quantitative estimate of drug-likeness (QED) is 0.533. The molecule has 0 aliphatic rings. The molecule has 0 saturated heterocycles. The number of phenols is 1. The van der Waals surface area contributed by atoms with Gasteiger partial charge in [-0.1, -0.05) is 36.4 Å². The van der Waals surface area contributed by atoms with Gasteiger partial charge in [-0.15, -0.1) is 0 Å². The molecule has 4 rings (SSSR count). The fraction of sp³-hybridized carbons (Fsp3) is 0.0909. The monoisotopic (exact) mass is 358 g/mol. The van der Waals surface area contributed by atoms with Crippen molar-refractivity contribution in [2.75, 3.05) is 7.11 Å². The number of carbonyl (C=O) groups excluding carboxylic acids is 1. The van der Waals surface area contributed by atoms with E-state index in [1.807, 2.05) is 42.5 Å². The summed E-state index contributed by atoms with van der Waals surface area (Å²) in [6.45, 7) is 0. The van der Waals surface area contributed by atoms with E-state index >= 15 is 0 Å². The number of esters is 1. The van der Waals surface area contributed by atoms with E-state index in [4.69, 9.17) is 4.74 Å². The first-order valence-corrected chi connectivity index (χ1v) is 8.59. The first kappa shape index (κ1) is 16.8. The maximum absolute atomic E-state index is 11.8. The van der Waals surface area contributed by atoms with Gasteiger partial charge in [0.05, 0.1) is 12.8 Å². The summed E-state index contributed by atoms with van der Waals surface area (Å²) < 4.78 is 4.77. The van der Waals surface area contributed by atoms with Gasteiger partial charge in [0, 0.05) is 29.1 Å². The molecule has 0 saturated carbocycles. The number of methoxy groups -OCH3 is 1. The minimum absolute atomic E-state index is 0.209. The lowest BCUT2D eigenvalue weighted by Gasteiger charge is -2.07. The zero-order chi connectivity index (χ0) is 18.8. The highest BCUT2D eigenvalue weighted by Crippen LogP contribution is 2.33. The number of nitrogens with zero attached hydrogens (tertiary/aromatic N) is 1. The summed E-state index contributed by atoms with van der Waals surface area (Å²) in [5.41, 5.74) is 4.99. The predicted molar refractivity (Wildman–Crippen MR) is 104 cm³/mol. The van der Waals surface area contributed by atoms with E-state index in [1.54, 1.807) is 24.3 Å². The average molecular weight is 358 g/mol. The van der Waals surface area contributed by atoms with Crippen LogP contribution in [-0.2, 0) is 11.2 Å². The first-order valence-electron chi connectivity index (χ1n) is 8.59. The smallest absolute Gasteiger partial charge is 0.356 e. The number of aromatic hydroxyl groups is 1. The molecular formula is C22H18N2O3. The summed E-state index contributed by atoms with van der Waals surface area (Å²) in [4.78, 5) is 19.6. The molecule has 0 spiro atoms. The second-order valence-electron chi connectivity index (χ2n) is 6.26. The zero-order valence-electron chi connectivity index (χ0n) is 14.8. The number of pyridine rings is 1. The van der Waals surface area contributed by atoms with Crippen LogP contribution in [0, 0.1) is 0 Å². The highest BCUT2D eigenvalue weighted by Gasteiger charge is 2.16. The number of benzene rings is 2. The molecule has 0 aliphatic heterocycles. The highest BCUT2D eigenvalue weighted by molar-refractivity contribution is 5.92. The molecule has 2 aromatic carbocycles. The van der Waals surface area contributed by atoms with E-state index in [-0.39, 0.29) is 11.4 Å². The van der Waals surface area contributed by atoms with Crippen molar-refractivity contribution in [1.29, 1.82) is 0 Å². The van der Waals surface area contributed by atoms with E-state index in [0.717, 1.165) is 33.4 Å². The molecule has 2 aromatic heterocycles. The Morgan fingerprint density at radius 1 is 1.07 bits per heavy atom. The Kier molecular flexibility index (Phi) is 4.34. The highest BCUT2D eigenvalue weighted by atomic mass is 16.5. The van der Waals surface area contributed by atoms with E-state index in [0.29, 0.717) is 6.42 Å². The van der Waals surface area contributed by atoms with Crippen molar-refractivity contribution in [3.8, 4) is 17.0 Å². The predicted octanol–water partition coefficient (Wildman–Crippen LogP) is 4.31. The van der Waals surface area contributed by atoms with Gasteiger partial charge in [-0.3, -0.25) is 0 Å². The summed E-state index contributed by atoms with van der Waals surface area (Å²) in [6.07, 6.45) is 0.542. The number of hydrogen-bond acceptors (Lipinski definition) is 4. The Morgan fingerprint density at radius 2 is 1.89 bits per heavy atom. The number of aromatic nitrogens is 2. The van der Waals surface area contributed by atoms with Crippen LogP contribution >= 0.6 is 0 Å². The molecule has 0 unspecified atom stereocenters. The van der Waals surface area contributed by atoms with Crippen LogP contribution in [0.5, 0.6) is 5.75 Å². The zero-order valence-corrected chi connectivity index (χ0v) is 14.8. The molecule has 0 bridgehead atoms. The second kappa shape index (κ2) is 6.96. The number of carbonyl (C=O) groups is 1. The summed E-state index contributed by atoms with van der Waals surface area (Å²) in [6, 6.07) is 20.6. The van der Waals surface area contributed by atoms with Crippen molar-refractivity contribution in [2.24, 2.45) is 0 Å². The third-order valence-corrected chi connectivity index (χ3v) is 4.51. The number of aromatic amines is 1. The normalized spacial score (nSPS) is 10.9. The van der Waals surface area contributed by atoms with Crippen LogP contribution in [-0.4, -0.2) is 28.2 Å². The van der Waals surface area contributed by atoms with E-state index in [1.165, 1.54) is 7.11 Å². The van der Waals surface area contributed by atoms with Crippen molar-refractivity contribution in [3.63, 3.8) is 0 Å². The van der Waals surface area contributed by atoms with Crippen LogP contribution in [0.4, 0.5) is 0 Å². The molecule has 2 heterocycles. The van der Waals surface area contributed by atoms with Crippen LogP contribution in [0.2, 0.25) is 0 Å². The fourth-order valence-corrected chi connectivity index (χ4v) is 3.26. The molecule has 5 heteroatoms. The van der Waals surface area contributed by atoms with Gasteiger partial charge < -0.3 is 14.8 Å². The number of nitrogens with one attached hydrogen (secondary N) is 1. The van der Waals surface area contributed by atoms with Crippen molar-refractivity contribution in [1.82, 2.24) is 9.97 Å². The van der Waals surface area contributed by atoms with Crippen molar-refractivity contribution < 1.29 is 14.6 Å². The van der Waals surface area contributed by atoms with Gasteiger partial charge in [0.1, 0.15) is 11.4 Å². The summed E-state index contributed by atoms with van der Waals surface area (Å²) in [7, 11) is 1.34. The van der Waals surface area contributed by atoms with Gasteiger partial charge >= 0.3 is 5.97 Å². The van der Waals surface area contributed by atoms with Crippen LogP contribution in [0.3, 0.4) is 0 Å². The van der Waals surface area contributed by atoms with Gasteiger partial charge in [-0.25, -0.2) is 9.78 Å². The topological polar surface area (TPSA) is 75.2 Å². The van der Waals surface area contributed by atoms with Gasteiger partial charge in [-0.05, 0) is 35.4 Å². The molecule has 0 atom stereocenters. The number of ether oxygens (including phenoxy) is 1. The number of phenolic OH excluding ortho intramolecular Hbond substituents is 1. The third kappa shape index (κ3) is 3.27. The van der Waals surface area contributed by atoms with Crippen molar-refractivity contribution in [2.45, 2.75) is 6.42 Å². The van der Waals surface area contributed by atoms with Crippen LogP contribution in [0.25, 0.3) is 22.2 Å². The molecule has 134 valence electrons. The summed E-state index contributed by atoms with van der Waals surface area (Å²) >= 11 is 0. The van der Waals surface area contributed by atoms with Crippen LogP contribution in [0.1, 0.15) is 21.7 Å². The first-order chi connectivity index (χ1) is 13.2. The third-order valence-electron chi connectivity index (χ3n) is 4.51. The maximum Gasteiger partial charge on any atom is 0.356 e. The molecule has 0 aliphatic carbocycles. The number of H-pyrrole nitrogens is 1. The lowest BCUT2D eigenvalue weighted by atomic mass is 10.0. The molecular weight excluding hydrogens is 340 g/mol. The SMILES string of the molecule is COC(=O)c1cccc(Cc2c(-c3ccccc3)[nH]c3cc(O)ccc23)n1. The van der Waals surface area contributed by atoms with Gasteiger partial charge in [0.25, 0.3) is 0 Å². The van der Waals surface area contributed by atoms with Crippen molar-refractivity contribution >= 4 is 16.9 Å². The molecule has 2 N–H and O–H groups in total. The Morgan fingerprint density at radius 3 is 2.67 bits per heavy atom. The van der Waals surface area contributed by atoms with Crippen LogP contribution in [0.15, 0.2) is 66.7 Å². The lowest BCUT2D eigenvalue weighted by Crippen LogP contribution is -2.06. The number of hydrogen-bond donors (Lipinski definition) is 2. The standard InChI is InChI=1S/C22H18N2O3/c1-27-22(26)19-9-5-8-15(23-19)12-18-17-11-10-16(25)13-20(17)24-21(18)14-6-3-2-4-7-14/h2-11,13,24-25H,12H2,1H3. The van der Waals surface area contributed by atoms with Crippen molar-refractivity contribution in [3.05, 3.63) is 83.7 Å². The summed E-state index contributed by atoms with van der Waals surface area (Å²) in [5, 5.41) is 10.8. The molecule has 0 fully saturated rings. The molecule has 4 aromatic rings. The van der Waals surface area contributed by atoms with E-state index < -0.39 is 5.97 Å². The van der Waals surface area contributed by atoms with Gasteiger partial charge in [-0.2, -0.15) is 0 Å². The minimum atomic E-state index is -0.455. The number of rotatable bonds is 4. The Bertz CT molecular complexity index is 1120.